The normalized spacial score (nSPS) is 26.8. The van der Waals surface area contributed by atoms with E-state index in [1.54, 1.807) is 0 Å². The molecule has 3 N–H and O–H groups in total. The quantitative estimate of drug-likeness (QED) is 0.603. The number of rotatable bonds is 6. The second-order valence-electron chi connectivity index (χ2n) is 7.95. The molecular formula is C18H30N4O4. The Morgan fingerprint density at radius 1 is 1.27 bits per heavy atom. The molecule has 2 fully saturated rings. The summed E-state index contributed by atoms with van der Waals surface area (Å²) >= 11 is 0. The van der Waals surface area contributed by atoms with Crippen molar-refractivity contribution < 1.29 is 19.2 Å². The van der Waals surface area contributed by atoms with Gasteiger partial charge in [0.1, 0.15) is 18.1 Å². The third-order valence-electron chi connectivity index (χ3n) is 5.28. The first-order valence-electron chi connectivity index (χ1n) is 9.33. The zero-order chi connectivity index (χ0) is 19.5. The number of hydrogen-bond donors (Lipinski definition) is 3. The summed E-state index contributed by atoms with van der Waals surface area (Å²) in [7, 11) is 1.51. The van der Waals surface area contributed by atoms with E-state index in [0.717, 1.165) is 17.7 Å². The van der Waals surface area contributed by atoms with Crippen molar-refractivity contribution in [1.29, 1.82) is 0 Å². The molecule has 1 heterocycles. The molecule has 1 aliphatic carbocycles. The van der Waals surface area contributed by atoms with Gasteiger partial charge >= 0.3 is 6.03 Å². The van der Waals surface area contributed by atoms with Gasteiger partial charge in [-0.1, -0.05) is 20.8 Å². The van der Waals surface area contributed by atoms with Gasteiger partial charge in [0.05, 0.1) is 0 Å². The van der Waals surface area contributed by atoms with E-state index in [0.29, 0.717) is 25.2 Å². The lowest BCUT2D eigenvalue weighted by molar-refractivity contribution is -0.136. The van der Waals surface area contributed by atoms with Crippen LogP contribution in [0.2, 0.25) is 0 Å². The Morgan fingerprint density at radius 2 is 1.88 bits per heavy atom. The van der Waals surface area contributed by atoms with Gasteiger partial charge in [-0.2, -0.15) is 0 Å². The van der Waals surface area contributed by atoms with Crippen LogP contribution in [-0.2, 0) is 14.4 Å². The predicted molar refractivity (Wildman–Crippen MR) is 96.1 cm³/mol. The molecular weight excluding hydrogens is 336 g/mol. The number of urea groups is 1. The molecule has 0 radical (unpaired) electrons. The fourth-order valence-corrected chi connectivity index (χ4v) is 3.67. The Bertz CT molecular complexity index is 582. The molecule has 1 atom stereocenters. The van der Waals surface area contributed by atoms with Crippen molar-refractivity contribution in [2.24, 2.45) is 11.8 Å². The molecule has 26 heavy (non-hydrogen) atoms. The second kappa shape index (κ2) is 8.05. The minimum atomic E-state index is -0.859. The number of likely N-dealkylation sites (N-methyl/N-ethyl adjacent to an activating group) is 1. The summed E-state index contributed by atoms with van der Waals surface area (Å²) in [6.07, 6.45) is 3.43. The molecule has 8 heteroatoms. The van der Waals surface area contributed by atoms with Crippen LogP contribution in [0.15, 0.2) is 0 Å². The van der Waals surface area contributed by atoms with E-state index in [1.807, 2.05) is 13.8 Å². The number of imide groups is 1. The van der Waals surface area contributed by atoms with Crippen molar-refractivity contribution in [3.63, 3.8) is 0 Å². The zero-order valence-corrected chi connectivity index (χ0v) is 16.1. The summed E-state index contributed by atoms with van der Waals surface area (Å²) < 4.78 is 0. The highest BCUT2D eigenvalue weighted by Crippen LogP contribution is 2.36. The number of carbonyl (C=O) groups is 4. The van der Waals surface area contributed by atoms with E-state index < -0.39 is 23.5 Å². The van der Waals surface area contributed by atoms with E-state index in [2.05, 4.69) is 22.9 Å². The van der Waals surface area contributed by atoms with Crippen LogP contribution < -0.4 is 16.0 Å². The van der Waals surface area contributed by atoms with Crippen LogP contribution in [0.1, 0.15) is 52.9 Å². The summed E-state index contributed by atoms with van der Waals surface area (Å²) in [6, 6.07) is -1.21. The highest BCUT2D eigenvalue weighted by molar-refractivity contribution is 6.09. The fourth-order valence-electron chi connectivity index (χ4n) is 3.67. The van der Waals surface area contributed by atoms with Crippen LogP contribution in [0.4, 0.5) is 4.79 Å². The number of amides is 5. The first-order chi connectivity index (χ1) is 12.2. The Kier molecular flexibility index (Phi) is 6.26. The van der Waals surface area contributed by atoms with E-state index in [-0.39, 0.29) is 24.3 Å². The topological polar surface area (TPSA) is 108 Å². The average molecular weight is 366 g/mol. The standard InChI is InChI=1S/C18H30N4O4/c1-11(2)9-13(15(24)19-4)20-14(23)10-22-16(25)18(21-17(22)26)7-5-12(3)6-8-18/h11-13H,5-10H2,1-4H3,(H,19,24)(H,20,23)(H,21,26). The van der Waals surface area contributed by atoms with Crippen molar-refractivity contribution in [3.05, 3.63) is 0 Å². The van der Waals surface area contributed by atoms with Crippen molar-refractivity contribution in [3.8, 4) is 0 Å². The Balaban J connectivity index is 2.00. The minimum Gasteiger partial charge on any atom is -0.357 e. The van der Waals surface area contributed by atoms with Crippen molar-refractivity contribution >= 4 is 23.8 Å². The molecule has 1 saturated heterocycles. The SMILES string of the molecule is CNC(=O)C(CC(C)C)NC(=O)CN1C(=O)NC2(CCC(C)CC2)C1=O. The summed E-state index contributed by atoms with van der Waals surface area (Å²) in [5, 5.41) is 7.96. The predicted octanol–water partition coefficient (Wildman–Crippen LogP) is 0.764. The molecule has 1 unspecified atom stereocenters. The van der Waals surface area contributed by atoms with Gasteiger partial charge in [0, 0.05) is 7.05 Å². The molecule has 1 spiro atoms. The van der Waals surface area contributed by atoms with Crippen LogP contribution in [0.5, 0.6) is 0 Å². The molecule has 146 valence electrons. The van der Waals surface area contributed by atoms with Gasteiger partial charge in [-0.25, -0.2) is 4.79 Å². The van der Waals surface area contributed by atoms with Gasteiger partial charge in [-0.05, 0) is 43.9 Å². The summed E-state index contributed by atoms with van der Waals surface area (Å²) in [5.41, 5.74) is -0.859. The molecule has 1 saturated carbocycles. The highest BCUT2D eigenvalue weighted by Gasteiger charge is 2.52. The van der Waals surface area contributed by atoms with Crippen molar-refractivity contribution in [2.75, 3.05) is 13.6 Å². The third-order valence-corrected chi connectivity index (χ3v) is 5.28. The highest BCUT2D eigenvalue weighted by atomic mass is 16.2. The number of carbonyl (C=O) groups excluding carboxylic acids is 4. The first-order valence-corrected chi connectivity index (χ1v) is 9.33. The molecule has 5 amide bonds. The number of nitrogens with zero attached hydrogens (tertiary/aromatic N) is 1. The molecule has 0 aromatic carbocycles. The Hall–Kier alpha value is -2.12. The number of nitrogens with one attached hydrogen (secondary N) is 3. The second-order valence-corrected chi connectivity index (χ2v) is 7.95. The van der Waals surface area contributed by atoms with Crippen LogP contribution in [-0.4, -0.2) is 53.8 Å². The molecule has 0 aromatic rings. The third kappa shape index (κ3) is 4.34. The molecule has 1 aliphatic heterocycles. The Labute approximate surface area is 154 Å². The Morgan fingerprint density at radius 3 is 2.42 bits per heavy atom. The molecule has 0 bridgehead atoms. The first kappa shape index (κ1) is 20.2. The van der Waals surface area contributed by atoms with Gasteiger partial charge in [-0.15, -0.1) is 0 Å². The van der Waals surface area contributed by atoms with Crippen molar-refractivity contribution in [2.45, 2.75) is 64.5 Å². The summed E-state index contributed by atoms with van der Waals surface area (Å²) in [4.78, 5) is 50.3. The maximum Gasteiger partial charge on any atom is 0.325 e. The number of hydrogen-bond acceptors (Lipinski definition) is 4. The lowest BCUT2D eigenvalue weighted by Crippen LogP contribution is -2.51. The van der Waals surface area contributed by atoms with Crippen LogP contribution >= 0.6 is 0 Å². The largest absolute Gasteiger partial charge is 0.357 e. The maximum atomic E-state index is 12.8. The van der Waals surface area contributed by atoms with E-state index in [9.17, 15) is 19.2 Å². The van der Waals surface area contributed by atoms with Crippen LogP contribution in [0, 0.1) is 11.8 Å². The monoisotopic (exact) mass is 366 g/mol. The van der Waals surface area contributed by atoms with E-state index >= 15 is 0 Å². The van der Waals surface area contributed by atoms with Gasteiger partial charge in [-0.3, -0.25) is 19.3 Å². The summed E-state index contributed by atoms with van der Waals surface area (Å²) in [6.45, 7) is 5.67. The summed E-state index contributed by atoms with van der Waals surface area (Å²) in [5.74, 6) is -0.385. The van der Waals surface area contributed by atoms with Gasteiger partial charge in [0.2, 0.25) is 11.8 Å². The zero-order valence-electron chi connectivity index (χ0n) is 16.1. The van der Waals surface area contributed by atoms with E-state index in [1.165, 1.54) is 7.05 Å². The van der Waals surface area contributed by atoms with Gasteiger partial charge < -0.3 is 16.0 Å². The van der Waals surface area contributed by atoms with Crippen LogP contribution in [0.3, 0.4) is 0 Å². The molecule has 0 aromatic heterocycles. The van der Waals surface area contributed by atoms with Gasteiger partial charge in [0.25, 0.3) is 5.91 Å². The lowest BCUT2D eigenvalue weighted by Gasteiger charge is -2.33. The molecule has 2 aliphatic rings. The smallest absolute Gasteiger partial charge is 0.325 e. The van der Waals surface area contributed by atoms with Crippen molar-refractivity contribution in [1.82, 2.24) is 20.9 Å². The molecule has 2 rings (SSSR count). The maximum absolute atomic E-state index is 12.8. The van der Waals surface area contributed by atoms with Crippen LogP contribution in [0.25, 0.3) is 0 Å². The minimum absolute atomic E-state index is 0.210. The van der Waals surface area contributed by atoms with E-state index in [4.69, 9.17) is 0 Å². The van der Waals surface area contributed by atoms with Gasteiger partial charge in [0.15, 0.2) is 0 Å². The average Bonchev–Trinajstić information content (AvgIpc) is 2.80. The lowest BCUT2D eigenvalue weighted by atomic mass is 9.77. The fraction of sp³-hybridized carbons (Fsp3) is 0.778. The molecule has 8 nitrogen and oxygen atoms in total.